The Morgan fingerprint density at radius 3 is 2.27 bits per heavy atom. The van der Waals surface area contributed by atoms with E-state index in [0.29, 0.717) is 31.7 Å². The normalized spacial score (nSPS) is 19.9. The molecule has 0 N–H and O–H groups in total. The number of fused-ring (bicyclic) bond motifs is 4. The number of carbonyl (C=O) groups is 1. The number of nitrogens with zero attached hydrogens (tertiary/aromatic N) is 5. The first kappa shape index (κ1) is 47.0. The summed E-state index contributed by atoms with van der Waals surface area (Å²) in [5, 5.41) is 7.23. The molecule has 22 heteroatoms. The fourth-order valence-electron chi connectivity index (χ4n) is 8.97. The number of sulfone groups is 2. The Morgan fingerprint density at radius 2 is 1.64 bits per heavy atom. The lowest BCUT2D eigenvalue weighted by Gasteiger charge is -2.21. The molecule has 0 bridgehead atoms. The second-order valence-corrected chi connectivity index (χ2v) is 24.1. The molecule has 3 fully saturated rings. The van der Waals surface area contributed by atoms with Crippen LogP contribution in [0.4, 0.5) is 35.1 Å². The van der Waals surface area contributed by atoms with Crippen LogP contribution in [0.1, 0.15) is 117 Å². The van der Waals surface area contributed by atoms with Crippen LogP contribution in [0, 0.1) is 29.4 Å². The van der Waals surface area contributed by atoms with E-state index < -0.39 is 131 Å². The zero-order valence-corrected chi connectivity index (χ0v) is 38.2. The van der Waals surface area contributed by atoms with Crippen molar-refractivity contribution in [3.63, 3.8) is 0 Å². The third kappa shape index (κ3) is 8.48. The Labute approximate surface area is 384 Å². The van der Waals surface area contributed by atoms with Crippen molar-refractivity contribution < 1.29 is 61.6 Å². The zero-order chi connectivity index (χ0) is 48.3. The van der Waals surface area contributed by atoms with Crippen LogP contribution in [0.5, 0.6) is 0 Å². The summed E-state index contributed by atoms with van der Waals surface area (Å²) in [6.07, 6.45) is -6.08. The molecule has 0 spiro atoms. The van der Waals surface area contributed by atoms with Gasteiger partial charge in [0.1, 0.15) is 34.3 Å². The lowest BCUT2D eigenvalue weighted by Crippen LogP contribution is -2.33. The zero-order valence-electron chi connectivity index (χ0n) is 35.8. The summed E-state index contributed by atoms with van der Waals surface area (Å²) < 4.78 is 170. The van der Waals surface area contributed by atoms with E-state index in [4.69, 9.17) is 21.4 Å². The molecule has 0 unspecified atom stereocenters. The highest BCUT2D eigenvalue weighted by atomic mass is 35.5. The molecule has 3 atom stereocenters. The van der Waals surface area contributed by atoms with Gasteiger partial charge in [0.05, 0.1) is 44.1 Å². The van der Waals surface area contributed by atoms with Gasteiger partial charge in [-0.15, -0.1) is 5.10 Å². The van der Waals surface area contributed by atoms with Gasteiger partial charge in [-0.25, -0.2) is 53.0 Å². The number of halogens is 9. The highest BCUT2D eigenvalue weighted by molar-refractivity contribution is 7.94. The van der Waals surface area contributed by atoms with E-state index in [0.717, 1.165) is 16.8 Å². The fourth-order valence-corrected chi connectivity index (χ4v) is 12.7. The van der Waals surface area contributed by atoms with Gasteiger partial charge in [-0.1, -0.05) is 28.4 Å². The molecule has 0 amide bonds. The van der Waals surface area contributed by atoms with E-state index in [9.17, 15) is 48.0 Å². The lowest BCUT2D eigenvalue weighted by atomic mass is 9.87. The molecule has 356 valence electrons. The molecule has 4 aliphatic carbocycles. The smallest absolute Gasteiger partial charge is 0.319 e. The number of hydrogen-bond acceptors (Lipinski definition) is 9. The summed E-state index contributed by atoms with van der Waals surface area (Å²) in [6.45, 7) is 3.33. The minimum absolute atomic E-state index is 0.000924. The van der Waals surface area contributed by atoms with Crippen molar-refractivity contribution in [3.8, 4) is 23.0 Å². The van der Waals surface area contributed by atoms with E-state index >= 15 is 8.78 Å². The molecule has 67 heavy (non-hydrogen) atoms. The molecule has 3 heterocycles. The molecule has 0 aliphatic heterocycles. The van der Waals surface area contributed by atoms with E-state index in [1.54, 1.807) is 6.92 Å². The van der Waals surface area contributed by atoms with Gasteiger partial charge in [0.15, 0.2) is 25.4 Å². The van der Waals surface area contributed by atoms with Gasteiger partial charge in [-0.2, -0.15) is 13.9 Å². The summed E-state index contributed by atoms with van der Waals surface area (Å²) >= 11 is 6.72. The Hall–Kier alpha value is -5.07. The molecule has 0 saturated heterocycles. The Morgan fingerprint density at radius 1 is 0.970 bits per heavy atom. The van der Waals surface area contributed by atoms with Crippen LogP contribution in [0.25, 0.3) is 22.0 Å². The van der Waals surface area contributed by atoms with Crippen LogP contribution < -0.4 is 4.84 Å². The maximum Gasteiger partial charge on any atom is 0.335 e. The van der Waals surface area contributed by atoms with Gasteiger partial charge in [-0.3, -0.25) is 4.68 Å². The molecule has 5 aromatic rings. The third-order valence-electron chi connectivity index (χ3n) is 13.1. The van der Waals surface area contributed by atoms with Gasteiger partial charge >= 0.3 is 5.97 Å². The van der Waals surface area contributed by atoms with Gasteiger partial charge in [0.25, 0.3) is 18.8 Å². The molecule has 0 radical (unpaired) electrons. The largest absolute Gasteiger partial charge is 0.335 e. The third-order valence-corrected chi connectivity index (χ3v) is 18.9. The van der Waals surface area contributed by atoms with Gasteiger partial charge in [0, 0.05) is 40.0 Å². The predicted octanol–water partition coefficient (Wildman–Crippen LogP) is 9.18. The number of rotatable bonds is 15. The number of aromatic nitrogens is 5. The first-order chi connectivity index (χ1) is 31.3. The van der Waals surface area contributed by atoms with Crippen LogP contribution in [0.15, 0.2) is 42.5 Å². The van der Waals surface area contributed by atoms with Crippen LogP contribution in [-0.2, 0) is 49.1 Å². The molecule has 9 rings (SSSR count). The van der Waals surface area contributed by atoms with Crippen molar-refractivity contribution in [2.75, 3.05) is 0 Å². The molecule has 4 aliphatic rings. The van der Waals surface area contributed by atoms with Crippen LogP contribution in [-0.4, -0.2) is 68.7 Å². The minimum atomic E-state index is -3.90. The van der Waals surface area contributed by atoms with E-state index in [1.165, 1.54) is 38.1 Å². The van der Waals surface area contributed by atoms with Crippen molar-refractivity contribution in [2.45, 2.75) is 123 Å². The summed E-state index contributed by atoms with van der Waals surface area (Å²) in [4.78, 5) is 24.2. The molecule has 11 nitrogen and oxygen atoms in total. The van der Waals surface area contributed by atoms with Crippen molar-refractivity contribution in [1.82, 2.24) is 24.7 Å². The second kappa shape index (κ2) is 16.3. The summed E-state index contributed by atoms with van der Waals surface area (Å²) in [5.41, 5.74) is -2.83. The Bertz CT molecular complexity index is 3160. The minimum Gasteiger partial charge on any atom is -0.319 e. The van der Waals surface area contributed by atoms with Crippen molar-refractivity contribution >= 4 is 48.1 Å². The average molecular weight is 998 g/mol. The van der Waals surface area contributed by atoms with Crippen molar-refractivity contribution in [2.24, 2.45) is 5.92 Å². The summed E-state index contributed by atoms with van der Waals surface area (Å²) in [5.74, 6) is -5.83. The maximum atomic E-state index is 15.5. The summed E-state index contributed by atoms with van der Waals surface area (Å²) in [6, 6.07) is 8.01. The van der Waals surface area contributed by atoms with Gasteiger partial charge in [0.2, 0.25) is 0 Å². The number of carbonyl (C=O) groups excluding carboxylic acids is 1. The summed E-state index contributed by atoms with van der Waals surface area (Å²) in [7, 11) is -7.65. The van der Waals surface area contributed by atoms with Gasteiger partial charge in [-0.05, 0) is 107 Å². The molecule has 3 saturated carbocycles. The van der Waals surface area contributed by atoms with Crippen LogP contribution in [0.3, 0.4) is 0 Å². The number of benzene rings is 2. The van der Waals surface area contributed by atoms with Crippen molar-refractivity contribution in [1.29, 1.82) is 0 Å². The molecule has 2 aromatic carbocycles. The van der Waals surface area contributed by atoms with E-state index in [1.807, 2.05) is 0 Å². The number of alkyl halides is 6. The average Bonchev–Trinajstić information content (AvgIpc) is 4.16. The standard InChI is InChI=1S/C45H40ClF8N5O6S2/c1-43(2,67(63,64)27-5-6-27)11-10-26-4-7-28(29-8-9-32(46)37-33(21-66(61,62)44(3)12-13-44)56-58(40(29)37)20-34(49)50)38(55-26)23(14-22-15-24(47)18-25(48)16-22)17-35(60)65-59-41-36(39(57-59)42(51)52)30-19-31(30)45(41,53)54/h4,7-9,15-16,18,23,27,30-31,34,42H,5-6,12-14,17,19-21H2,1-3H3/t23-,30+,31-/m1/s1. The van der Waals surface area contributed by atoms with Crippen LogP contribution in [0.2, 0.25) is 5.02 Å². The first-order valence-electron chi connectivity index (χ1n) is 21.2. The first-order valence-corrected chi connectivity index (χ1v) is 24.8. The molecule has 3 aromatic heterocycles. The predicted molar refractivity (Wildman–Crippen MR) is 228 cm³/mol. The maximum absolute atomic E-state index is 15.5. The topological polar surface area (TPSA) is 143 Å². The number of hydrogen-bond donors (Lipinski definition) is 0. The fraction of sp³-hybridized carbons (Fsp3) is 0.467. The monoisotopic (exact) mass is 997 g/mol. The van der Waals surface area contributed by atoms with Crippen molar-refractivity contribution in [3.05, 3.63) is 98.7 Å². The molecular formula is C45H40ClF8N5O6S2. The number of pyridine rings is 1. The molecular weight excluding hydrogens is 958 g/mol. The Kier molecular flexibility index (Phi) is 11.4. The van der Waals surface area contributed by atoms with E-state index in [2.05, 4.69) is 22.0 Å². The van der Waals surface area contributed by atoms with Crippen LogP contribution >= 0.6 is 11.6 Å². The second-order valence-electron chi connectivity index (χ2n) is 18.4. The highest BCUT2D eigenvalue weighted by Gasteiger charge is 2.68. The lowest BCUT2D eigenvalue weighted by molar-refractivity contribution is -0.148. The SMILES string of the molecule is CC1(S(=O)(=O)Cc2nn(CC(F)F)c3c(-c4ccc(C#CC(C)(C)S(=O)(=O)C5CC5)nc4[C@@H](CC(=O)On4nc(C(F)F)c5c4C(F)(F)[C@@H]4C[C@H]54)Cc4cc(F)cc(F)c4)ccc(Cl)c23)CC1. The van der Waals surface area contributed by atoms with E-state index in [-0.39, 0.29) is 61.0 Å². The Balaban J connectivity index is 1.22. The highest BCUT2D eigenvalue weighted by Crippen LogP contribution is 2.68. The quantitative estimate of drug-likeness (QED) is 0.0741. The van der Waals surface area contributed by atoms with Gasteiger partial charge < -0.3 is 4.84 Å².